The van der Waals surface area contributed by atoms with Crippen molar-refractivity contribution in [3.63, 3.8) is 0 Å². The van der Waals surface area contributed by atoms with Crippen LogP contribution in [0.15, 0.2) is 47.6 Å². The van der Waals surface area contributed by atoms with Crippen molar-refractivity contribution in [2.45, 2.75) is 39.7 Å². The molecule has 0 atom stereocenters. The fourth-order valence-electron chi connectivity index (χ4n) is 3.92. The molecule has 1 aromatic carbocycles. The highest BCUT2D eigenvalue weighted by molar-refractivity contribution is 7.18. The second kappa shape index (κ2) is 9.50. The molecular formula is C25H31N5O3S. The Morgan fingerprint density at radius 2 is 1.79 bits per heavy atom. The number of nitrogens with zero attached hydrogens (tertiary/aromatic N) is 3. The number of ketones is 1. The van der Waals surface area contributed by atoms with Crippen LogP contribution < -0.4 is 16.0 Å². The molecule has 1 saturated heterocycles. The van der Waals surface area contributed by atoms with Crippen LogP contribution in [-0.2, 0) is 4.74 Å². The first-order valence-corrected chi connectivity index (χ1v) is 12.2. The van der Waals surface area contributed by atoms with Gasteiger partial charge in [0.1, 0.15) is 16.3 Å². The van der Waals surface area contributed by atoms with E-state index in [2.05, 4.69) is 15.2 Å². The Hall–Kier alpha value is -3.33. The van der Waals surface area contributed by atoms with Crippen molar-refractivity contribution in [2.75, 3.05) is 42.1 Å². The summed E-state index contributed by atoms with van der Waals surface area (Å²) in [6.45, 7) is 10.3. The smallest absolute Gasteiger partial charge is 0.410 e. The van der Waals surface area contributed by atoms with Gasteiger partial charge in [-0.1, -0.05) is 23.5 Å². The first-order valence-electron chi connectivity index (χ1n) is 11.4. The summed E-state index contributed by atoms with van der Waals surface area (Å²) in [7, 11) is 0. The van der Waals surface area contributed by atoms with Gasteiger partial charge in [-0.3, -0.25) is 4.79 Å². The molecule has 1 aromatic heterocycles. The van der Waals surface area contributed by atoms with Crippen LogP contribution in [0.5, 0.6) is 0 Å². The van der Waals surface area contributed by atoms with Gasteiger partial charge in [-0.25, -0.2) is 9.78 Å². The van der Waals surface area contributed by atoms with Gasteiger partial charge < -0.3 is 25.6 Å². The molecule has 9 heteroatoms. The molecule has 1 aliphatic carbocycles. The predicted octanol–water partition coefficient (Wildman–Crippen LogP) is 4.99. The number of allylic oxidation sites excluding steroid dienone is 4. The lowest BCUT2D eigenvalue weighted by molar-refractivity contribution is 0.0240. The van der Waals surface area contributed by atoms with E-state index in [9.17, 15) is 9.59 Å². The molecule has 0 saturated carbocycles. The summed E-state index contributed by atoms with van der Waals surface area (Å²) in [6, 6.07) is 8.02. The van der Waals surface area contributed by atoms with Crippen molar-refractivity contribution in [3.05, 3.63) is 52.4 Å². The monoisotopic (exact) mass is 481 g/mol. The second-order valence-corrected chi connectivity index (χ2v) is 10.5. The van der Waals surface area contributed by atoms with Crippen LogP contribution in [0.2, 0.25) is 0 Å². The molecular weight excluding hydrogens is 450 g/mol. The SMILES string of the molecule is CC1=C(C(=O)c2sc(Nc3ccc(N4CCN(C(=O)OC(C)(C)C)CC4)cc3)nc2N)CC=C1. The molecule has 2 heterocycles. The number of amides is 1. The van der Waals surface area contributed by atoms with Gasteiger partial charge in [0, 0.05) is 43.1 Å². The maximum Gasteiger partial charge on any atom is 0.410 e. The van der Waals surface area contributed by atoms with E-state index in [1.54, 1.807) is 4.90 Å². The number of hydrogen-bond acceptors (Lipinski definition) is 8. The molecule has 0 unspecified atom stereocenters. The minimum absolute atomic E-state index is 0.0496. The standard InChI is InChI=1S/C25H31N5O3S/c1-16-6-5-7-19(16)20(31)21-22(26)28-23(34-21)27-17-8-10-18(11-9-17)29-12-14-30(15-13-29)24(32)33-25(2,3)4/h5-6,8-11H,7,12-15,26H2,1-4H3,(H,27,28). The number of carbonyl (C=O) groups is 2. The third-order valence-corrected chi connectivity index (χ3v) is 6.70. The first-order chi connectivity index (χ1) is 16.1. The number of aromatic nitrogens is 1. The number of benzene rings is 1. The Morgan fingerprint density at radius 1 is 1.12 bits per heavy atom. The molecule has 4 rings (SSSR count). The Bertz CT molecular complexity index is 1140. The minimum Gasteiger partial charge on any atom is -0.444 e. The number of nitrogen functional groups attached to an aromatic ring is 1. The number of nitrogens with one attached hydrogen (secondary N) is 1. The molecule has 0 spiro atoms. The van der Waals surface area contributed by atoms with Crippen LogP contribution in [0, 0.1) is 0 Å². The van der Waals surface area contributed by atoms with E-state index < -0.39 is 5.60 Å². The summed E-state index contributed by atoms with van der Waals surface area (Å²) >= 11 is 1.27. The van der Waals surface area contributed by atoms with Gasteiger partial charge in [0.15, 0.2) is 5.13 Å². The highest BCUT2D eigenvalue weighted by atomic mass is 32.1. The first kappa shape index (κ1) is 23.8. The quantitative estimate of drug-likeness (QED) is 0.581. The highest BCUT2D eigenvalue weighted by Gasteiger charge is 2.26. The van der Waals surface area contributed by atoms with Gasteiger partial charge >= 0.3 is 6.09 Å². The molecule has 3 N–H and O–H groups in total. The second-order valence-electron chi connectivity index (χ2n) is 9.46. The van der Waals surface area contributed by atoms with Crippen LogP contribution in [0.3, 0.4) is 0 Å². The fraction of sp³-hybridized carbons (Fsp3) is 0.400. The largest absolute Gasteiger partial charge is 0.444 e. The van der Waals surface area contributed by atoms with Crippen LogP contribution >= 0.6 is 11.3 Å². The van der Waals surface area contributed by atoms with Crippen LogP contribution in [-0.4, -0.2) is 53.5 Å². The summed E-state index contributed by atoms with van der Waals surface area (Å²) in [4.78, 5) is 33.9. The number of piperazine rings is 1. The zero-order chi connectivity index (χ0) is 24.5. The van der Waals surface area contributed by atoms with Gasteiger partial charge in [-0.05, 0) is 64.0 Å². The number of Topliss-reactive ketones (excluding diaryl/α,β-unsaturated/α-hetero) is 1. The van der Waals surface area contributed by atoms with E-state index >= 15 is 0 Å². The number of thiazole rings is 1. The van der Waals surface area contributed by atoms with Gasteiger partial charge in [-0.15, -0.1) is 0 Å². The highest BCUT2D eigenvalue weighted by Crippen LogP contribution is 2.33. The lowest BCUT2D eigenvalue weighted by Gasteiger charge is -2.36. The molecule has 34 heavy (non-hydrogen) atoms. The topological polar surface area (TPSA) is 101 Å². The van der Waals surface area contributed by atoms with Crippen molar-refractivity contribution >= 4 is 45.5 Å². The number of anilines is 4. The maximum atomic E-state index is 12.8. The summed E-state index contributed by atoms with van der Waals surface area (Å²) in [5.41, 5.74) is 9.26. The van der Waals surface area contributed by atoms with Crippen molar-refractivity contribution in [3.8, 4) is 0 Å². The third kappa shape index (κ3) is 5.41. The molecule has 1 fully saturated rings. The molecule has 2 aliphatic rings. The van der Waals surface area contributed by atoms with E-state index in [-0.39, 0.29) is 17.7 Å². The van der Waals surface area contributed by atoms with Gasteiger partial charge in [0.05, 0.1) is 0 Å². The Balaban J connectivity index is 1.35. The van der Waals surface area contributed by atoms with Crippen molar-refractivity contribution < 1.29 is 14.3 Å². The summed E-state index contributed by atoms with van der Waals surface area (Å²) < 4.78 is 5.47. The normalized spacial score (nSPS) is 16.2. The fourth-order valence-corrected chi connectivity index (χ4v) is 4.80. The van der Waals surface area contributed by atoms with Crippen molar-refractivity contribution in [1.82, 2.24) is 9.88 Å². The van der Waals surface area contributed by atoms with Gasteiger partial charge in [0.25, 0.3) is 0 Å². The molecule has 180 valence electrons. The van der Waals surface area contributed by atoms with E-state index in [4.69, 9.17) is 10.5 Å². The molecule has 1 amide bonds. The van der Waals surface area contributed by atoms with Crippen LogP contribution in [0.1, 0.15) is 43.8 Å². The number of hydrogen-bond donors (Lipinski definition) is 2. The summed E-state index contributed by atoms with van der Waals surface area (Å²) in [5.74, 6) is 0.204. The Morgan fingerprint density at radius 3 is 2.38 bits per heavy atom. The molecule has 0 bridgehead atoms. The maximum absolute atomic E-state index is 12.8. The molecule has 8 nitrogen and oxygen atoms in total. The minimum atomic E-state index is -0.489. The number of ether oxygens (including phenoxy) is 1. The molecule has 0 radical (unpaired) electrons. The van der Waals surface area contributed by atoms with Crippen LogP contribution in [0.4, 0.5) is 27.1 Å². The third-order valence-electron chi connectivity index (χ3n) is 5.71. The van der Waals surface area contributed by atoms with E-state index in [0.717, 1.165) is 35.6 Å². The average molecular weight is 482 g/mol. The zero-order valence-corrected chi connectivity index (χ0v) is 20.9. The van der Waals surface area contributed by atoms with Gasteiger partial charge in [0.2, 0.25) is 5.78 Å². The predicted molar refractivity (Wildman–Crippen MR) is 137 cm³/mol. The zero-order valence-electron chi connectivity index (χ0n) is 20.1. The van der Waals surface area contributed by atoms with E-state index in [1.165, 1.54) is 11.3 Å². The number of nitrogens with two attached hydrogens (primary N) is 1. The Labute approximate surface area is 204 Å². The average Bonchev–Trinajstić information content (AvgIpc) is 3.38. The summed E-state index contributed by atoms with van der Waals surface area (Å²) in [6.07, 6.45) is 4.32. The van der Waals surface area contributed by atoms with Crippen molar-refractivity contribution in [1.29, 1.82) is 0 Å². The molecule has 2 aromatic rings. The van der Waals surface area contributed by atoms with Gasteiger partial charge in [-0.2, -0.15) is 0 Å². The lowest BCUT2D eigenvalue weighted by Crippen LogP contribution is -2.50. The number of rotatable bonds is 5. The molecule has 1 aliphatic heterocycles. The van der Waals surface area contributed by atoms with E-state index in [0.29, 0.717) is 29.5 Å². The van der Waals surface area contributed by atoms with Crippen LogP contribution in [0.25, 0.3) is 0 Å². The lowest BCUT2D eigenvalue weighted by atomic mass is 10.1. The van der Waals surface area contributed by atoms with E-state index in [1.807, 2.05) is 64.1 Å². The Kier molecular flexibility index (Phi) is 6.65. The summed E-state index contributed by atoms with van der Waals surface area (Å²) in [5, 5.41) is 3.84. The number of carbonyl (C=O) groups excluding carboxylic acids is 2. The van der Waals surface area contributed by atoms with Crippen molar-refractivity contribution in [2.24, 2.45) is 0 Å².